The summed E-state index contributed by atoms with van der Waals surface area (Å²) < 4.78 is 20.0. The smallest absolute Gasteiger partial charge is 0.306 e. The molecule has 0 bridgehead atoms. The van der Waals surface area contributed by atoms with Gasteiger partial charge in [-0.2, -0.15) is 0 Å². The van der Waals surface area contributed by atoms with Gasteiger partial charge in [0.25, 0.3) is 5.91 Å². The van der Waals surface area contributed by atoms with Crippen molar-refractivity contribution in [3.63, 3.8) is 0 Å². The van der Waals surface area contributed by atoms with E-state index in [1.807, 2.05) is 6.92 Å². The topological polar surface area (TPSA) is 115 Å². The standard InChI is InChI=1S/C24H26ClFN4O4/c1-12-21(25)13(2)29-22(28-12)18-10-30(11-19(18)27)23(31)17-8-5-15(26)9-20(17)34-16-6-3-14(4-7-16)24(32)33/h5,8-9,14,16,27-28H,3-4,6-7,10-11H2,1-2H3,(H,32,33)/b22-18+,27-19?/t14-,16-. The average molecular weight is 489 g/mol. The van der Waals surface area contributed by atoms with Gasteiger partial charge >= 0.3 is 5.97 Å². The van der Waals surface area contributed by atoms with Crippen molar-refractivity contribution in [1.82, 2.24) is 10.2 Å². The molecule has 2 heterocycles. The molecule has 1 aromatic rings. The first kappa shape index (κ1) is 23.9. The summed E-state index contributed by atoms with van der Waals surface area (Å²) in [4.78, 5) is 30.5. The molecule has 1 saturated carbocycles. The molecule has 180 valence electrons. The van der Waals surface area contributed by atoms with E-state index in [4.69, 9.17) is 21.7 Å². The number of benzene rings is 1. The molecule has 1 aliphatic carbocycles. The molecular formula is C24H26ClFN4O4. The van der Waals surface area contributed by atoms with Gasteiger partial charge in [0.1, 0.15) is 17.4 Å². The molecule has 1 amide bonds. The van der Waals surface area contributed by atoms with Gasteiger partial charge in [-0.3, -0.25) is 9.59 Å². The van der Waals surface area contributed by atoms with E-state index in [1.165, 1.54) is 23.1 Å². The van der Waals surface area contributed by atoms with Gasteiger partial charge in [-0.25, -0.2) is 9.38 Å². The normalized spacial score (nSPS) is 25.2. The number of hydrogen-bond donors (Lipinski definition) is 3. The summed E-state index contributed by atoms with van der Waals surface area (Å²) >= 11 is 6.19. The molecule has 3 aliphatic rings. The van der Waals surface area contributed by atoms with E-state index in [0.29, 0.717) is 47.8 Å². The van der Waals surface area contributed by atoms with Crippen LogP contribution >= 0.6 is 11.6 Å². The molecule has 0 radical (unpaired) electrons. The predicted octanol–water partition coefficient (Wildman–Crippen LogP) is 4.07. The molecule has 3 N–H and O–H groups in total. The Balaban J connectivity index is 1.52. The maximum absolute atomic E-state index is 14.0. The first-order valence-corrected chi connectivity index (χ1v) is 11.5. The van der Waals surface area contributed by atoms with E-state index in [-0.39, 0.29) is 42.1 Å². The summed E-state index contributed by atoms with van der Waals surface area (Å²) in [7, 11) is 0. The van der Waals surface area contributed by atoms with Gasteiger partial charge in [-0.05, 0) is 51.7 Å². The molecule has 0 aromatic heterocycles. The van der Waals surface area contributed by atoms with E-state index in [1.54, 1.807) is 6.92 Å². The lowest BCUT2D eigenvalue weighted by molar-refractivity contribution is -0.143. The number of hydrogen-bond acceptors (Lipinski definition) is 6. The SMILES string of the molecule is CC1=N/C(=C2\CN(C(=O)c3ccc(F)cc3O[C@H]3CC[C@H](C(=O)O)CC3)CC2=N)NC(C)=C1Cl. The molecule has 2 fully saturated rings. The van der Waals surface area contributed by atoms with E-state index in [2.05, 4.69) is 10.3 Å². The second-order valence-electron chi connectivity index (χ2n) is 8.80. The second-order valence-corrected chi connectivity index (χ2v) is 9.18. The van der Waals surface area contributed by atoms with Crippen LogP contribution in [0.15, 0.2) is 45.3 Å². The Bertz CT molecular complexity index is 1150. The van der Waals surface area contributed by atoms with Crippen LogP contribution in [0, 0.1) is 17.1 Å². The third-order valence-corrected chi connectivity index (χ3v) is 6.92. The zero-order chi connectivity index (χ0) is 24.6. The molecule has 1 saturated heterocycles. The Morgan fingerprint density at radius 3 is 2.59 bits per heavy atom. The maximum Gasteiger partial charge on any atom is 0.306 e. The highest BCUT2D eigenvalue weighted by Crippen LogP contribution is 2.31. The lowest BCUT2D eigenvalue weighted by Crippen LogP contribution is -2.31. The number of amides is 1. The van der Waals surface area contributed by atoms with Crippen molar-refractivity contribution in [2.75, 3.05) is 13.1 Å². The molecule has 10 heteroatoms. The van der Waals surface area contributed by atoms with Crippen LogP contribution in [0.4, 0.5) is 4.39 Å². The summed E-state index contributed by atoms with van der Waals surface area (Å²) in [6, 6.07) is 3.77. The highest BCUT2D eigenvalue weighted by atomic mass is 35.5. The van der Waals surface area contributed by atoms with Crippen molar-refractivity contribution < 1.29 is 23.8 Å². The fraction of sp³-hybridized carbons (Fsp3) is 0.417. The van der Waals surface area contributed by atoms with Crippen LogP contribution in [-0.4, -0.2) is 52.5 Å². The number of aliphatic carboxylic acids is 1. The Morgan fingerprint density at radius 1 is 1.24 bits per heavy atom. The monoisotopic (exact) mass is 488 g/mol. The number of carboxylic acid groups (broad SMARTS) is 1. The average Bonchev–Trinajstić information content (AvgIpc) is 3.19. The number of likely N-dealkylation sites (tertiary alicyclic amines) is 1. The highest BCUT2D eigenvalue weighted by molar-refractivity contribution is 6.43. The molecule has 0 unspecified atom stereocenters. The number of carbonyl (C=O) groups excluding carboxylic acids is 1. The van der Waals surface area contributed by atoms with Gasteiger partial charge in [0, 0.05) is 17.3 Å². The molecule has 0 atom stereocenters. The number of aliphatic imine (C=N–C) groups is 1. The minimum Gasteiger partial charge on any atom is -0.489 e. The van der Waals surface area contributed by atoms with Crippen molar-refractivity contribution >= 4 is 34.9 Å². The molecule has 2 aliphatic heterocycles. The molecular weight excluding hydrogens is 463 g/mol. The van der Waals surface area contributed by atoms with Crippen molar-refractivity contribution in [3.8, 4) is 5.75 Å². The third-order valence-electron chi connectivity index (χ3n) is 6.36. The largest absolute Gasteiger partial charge is 0.489 e. The second kappa shape index (κ2) is 9.58. The number of allylic oxidation sites excluding steroid dienone is 2. The zero-order valence-corrected chi connectivity index (χ0v) is 19.7. The number of ether oxygens (including phenoxy) is 1. The first-order valence-electron chi connectivity index (χ1n) is 11.1. The number of carbonyl (C=O) groups is 2. The van der Waals surface area contributed by atoms with Crippen LogP contribution in [0.25, 0.3) is 0 Å². The van der Waals surface area contributed by atoms with Gasteiger partial charge < -0.3 is 25.5 Å². The minimum absolute atomic E-state index is 0.0882. The van der Waals surface area contributed by atoms with Crippen molar-refractivity contribution in [3.05, 3.63) is 51.7 Å². The van der Waals surface area contributed by atoms with Gasteiger partial charge in [0.2, 0.25) is 0 Å². The van der Waals surface area contributed by atoms with E-state index < -0.39 is 17.7 Å². The number of halogens is 2. The maximum atomic E-state index is 14.0. The number of carboxylic acids is 1. The molecule has 0 spiro atoms. The van der Waals surface area contributed by atoms with Crippen LogP contribution in [-0.2, 0) is 4.79 Å². The lowest BCUT2D eigenvalue weighted by Gasteiger charge is -2.28. The number of nitrogens with zero attached hydrogens (tertiary/aromatic N) is 2. The fourth-order valence-electron chi connectivity index (χ4n) is 4.43. The fourth-order valence-corrected chi connectivity index (χ4v) is 4.52. The van der Waals surface area contributed by atoms with E-state index in [9.17, 15) is 19.1 Å². The summed E-state index contributed by atoms with van der Waals surface area (Å²) in [5.74, 6) is -1.50. The lowest BCUT2D eigenvalue weighted by atomic mass is 9.87. The Kier molecular flexibility index (Phi) is 6.74. The number of rotatable bonds is 4. The Hall–Kier alpha value is -3.20. The summed E-state index contributed by atoms with van der Waals surface area (Å²) in [5, 5.41) is 21.2. The quantitative estimate of drug-likeness (QED) is 0.591. The first-order chi connectivity index (χ1) is 16.1. The summed E-state index contributed by atoms with van der Waals surface area (Å²) in [6.07, 6.45) is 1.70. The van der Waals surface area contributed by atoms with Gasteiger partial charge in [0.15, 0.2) is 0 Å². The molecule has 8 nitrogen and oxygen atoms in total. The van der Waals surface area contributed by atoms with E-state index >= 15 is 0 Å². The van der Waals surface area contributed by atoms with Crippen molar-refractivity contribution in [1.29, 1.82) is 5.41 Å². The minimum atomic E-state index is -0.818. The van der Waals surface area contributed by atoms with Gasteiger partial charge in [0.05, 0.1) is 47.1 Å². The summed E-state index contributed by atoms with van der Waals surface area (Å²) in [5.41, 5.74) is 2.41. The van der Waals surface area contributed by atoms with Crippen LogP contribution in [0.5, 0.6) is 5.75 Å². The Morgan fingerprint density at radius 2 is 1.94 bits per heavy atom. The predicted molar refractivity (Wildman–Crippen MR) is 126 cm³/mol. The highest BCUT2D eigenvalue weighted by Gasteiger charge is 2.33. The zero-order valence-electron chi connectivity index (χ0n) is 19.0. The molecule has 34 heavy (non-hydrogen) atoms. The summed E-state index contributed by atoms with van der Waals surface area (Å²) in [6.45, 7) is 3.85. The van der Waals surface area contributed by atoms with Gasteiger partial charge in [-0.1, -0.05) is 11.6 Å². The van der Waals surface area contributed by atoms with Gasteiger partial charge in [-0.15, -0.1) is 0 Å². The van der Waals surface area contributed by atoms with Crippen molar-refractivity contribution in [2.45, 2.75) is 45.6 Å². The van der Waals surface area contributed by atoms with Crippen LogP contribution in [0.1, 0.15) is 49.9 Å². The Labute approximate surface area is 201 Å². The van der Waals surface area contributed by atoms with Crippen LogP contribution < -0.4 is 10.1 Å². The van der Waals surface area contributed by atoms with Crippen molar-refractivity contribution in [2.24, 2.45) is 10.9 Å². The van der Waals surface area contributed by atoms with E-state index in [0.717, 1.165) is 5.70 Å². The van der Waals surface area contributed by atoms with Crippen LogP contribution in [0.2, 0.25) is 0 Å². The van der Waals surface area contributed by atoms with Crippen LogP contribution in [0.3, 0.4) is 0 Å². The molecule has 4 rings (SSSR count). The molecule has 1 aromatic carbocycles. The third kappa shape index (κ3) is 4.84. The number of nitrogens with one attached hydrogen (secondary N) is 2.